The van der Waals surface area contributed by atoms with Gasteiger partial charge in [0.15, 0.2) is 0 Å². The molecule has 0 fully saturated rings. The molecule has 0 bridgehead atoms. The Morgan fingerprint density at radius 2 is 2.05 bits per heavy atom. The topological polar surface area (TPSA) is 24.9 Å². The lowest BCUT2D eigenvalue weighted by atomic mass is 9.96. The van der Waals surface area contributed by atoms with Gasteiger partial charge in [-0.15, -0.1) is 0 Å². The Morgan fingerprint density at radius 3 is 2.65 bits per heavy atom. The van der Waals surface area contributed by atoms with Gasteiger partial charge in [-0.3, -0.25) is 4.98 Å². The van der Waals surface area contributed by atoms with Crippen molar-refractivity contribution >= 4 is 44.1 Å². The Labute approximate surface area is 134 Å². The maximum atomic E-state index is 6.33. The molecule has 20 heavy (non-hydrogen) atoms. The van der Waals surface area contributed by atoms with Crippen LogP contribution in [0.15, 0.2) is 16.6 Å². The van der Waals surface area contributed by atoms with E-state index in [1.165, 1.54) is 11.3 Å². The van der Waals surface area contributed by atoms with Crippen molar-refractivity contribution in [2.24, 2.45) is 0 Å². The quantitative estimate of drug-likeness (QED) is 0.738. The standard InChI is InChI=1S/C16H20BrClN2/c1-5-8-19-16-13(9(2)3)10(4)20-15-12(18)7-6-11(17)14(15)16/h6-7,9H,5,8H2,1-4H3,(H,19,20). The fourth-order valence-electron chi connectivity index (χ4n) is 2.57. The minimum Gasteiger partial charge on any atom is -0.384 e. The Balaban J connectivity index is 2.84. The summed E-state index contributed by atoms with van der Waals surface area (Å²) in [5, 5.41) is 5.35. The predicted octanol–water partition coefficient (Wildman–Crippen LogP) is 5.90. The SMILES string of the molecule is CCCNc1c(C(C)C)c(C)nc2c(Cl)ccc(Br)c12. The van der Waals surface area contributed by atoms with Gasteiger partial charge < -0.3 is 5.32 Å². The molecular weight excluding hydrogens is 336 g/mol. The van der Waals surface area contributed by atoms with Gasteiger partial charge in [0.05, 0.1) is 16.2 Å². The first-order valence-electron chi connectivity index (χ1n) is 6.99. The highest BCUT2D eigenvalue weighted by Crippen LogP contribution is 2.39. The van der Waals surface area contributed by atoms with E-state index in [2.05, 4.69) is 48.9 Å². The van der Waals surface area contributed by atoms with Crippen LogP contribution in [0.2, 0.25) is 5.02 Å². The van der Waals surface area contributed by atoms with Crippen LogP contribution in [0, 0.1) is 6.92 Å². The van der Waals surface area contributed by atoms with Crippen LogP contribution < -0.4 is 5.32 Å². The molecule has 0 saturated carbocycles. The number of halogens is 2. The third kappa shape index (κ3) is 2.79. The highest BCUT2D eigenvalue weighted by molar-refractivity contribution is 9.10. The molecule has 0 unspecified atom stereocenters. The predicted molar refractivity (Wildman–Crippen MR) is 92.1 cm³/mol. The van der Waals surface area contributed by atoms with Gasteiger partial charge in [-0.05, 0) is 37.0 Å². The van der Waals surface area contributed by atoms with E-state index < -0.39 is 0 Å². The minimum absolute atomic E-state index is 0.414. The van der Waals surface area contributed by atoms with E-state index in [0.29, 0.717) is 10.9 Å². The van der Waals surface area contributed by atoms with Crippen molar-refractivity contribution in [3.63, 3.8) is 0 Å². The van der Waals surface area contributed by atoms with E-state index in [0.717, 1.165) is 34.0 Å². The summed E-state index contributed by atoms with van der Waals surface area (Å²) in [7, 11) is 0. The molecule has 0 amide bonds. The second kappa shape index (κ2) is 6.31. The molecule has 0 aliphatic carbocycles. The average molecular weight is 356 g/mol. The largest absolute Gasteiger partial charge is 0.384 e. The zero-order valence-electron chi connectivity index (χ0n) is 12.3. The highest BCUT2D eigenvalue weighted by Gasteiger charge is 2.18. The van der Waals surface area contributed by atoms with Gasteiger partial charge in [0.2, 0.25) is 0 Å². The van der Waals surface area contributed by atoms with Crippen LogP contribution >= 0.6 is 27.5 Å². The number of pyridine rings is 1. The fraction of sp³-hybridized carbons (Fsp3) is 0.438. The lowest BCUT2D eigenvalue weighted by Gasteiger charge is -2.20. The van der Waals surface area contributed by atoms with Crippen molar-refractivity contribution in [1.82, 2.24) is 4.98 Å². The first-order chi connectivity index (χ1) is 9.47. The van der Waals surface area contributed by atoms with Crippen LogP contribution in [0.3, 0.4) is 0 Å². The van der Waals surface area contributed by atoms with E-state index in [1.54, 1.807) is 0 Å². The number of nitrogens with zero attached hydrogens (tertiary/aromatic N) is 1. The number of benzene rings is 1. The first-order valence-corrected chi connectivity index (χ1v) is 8.16. The second-order valence-corrected chi connectivity index (χ2v) is 6.58. The van der Waals surface area contributed by atoms with Crippen LogP contribution in [0.4, 0.5) is 5.69 Å². The van der Waals surface area contributed by atoms with Gasteiger partial charge >= 0.3 is 0 Å². The molecule has 2 rings (SSSR count). The lowest BCUT2D eigenvalue weighted by molar-refractivity contribution is 0.844. The van der Waals surface area contributed by atoms with Gasteiger partial charge in [-0.25, -0.2) is 0 Å². The molecule has 4 heteroatoms. The van der Waals surface area contributed by atoms with Crippen molar-refractivity contribution in [3.05, 3.63) is 32.9 Å². The van der Waals surface area contributed by atoms with Crippen LogP contribution in [0.5, 0.6) is 0 Å². The number of hydrogen-bond acceptors (Lipinski definition) is 2. The maximum Gasteiger partial charge on any atom is 0.0923 e. The van der Waals surface area contributed by atoms with E-state index in [-0.39, 0.29) is 0 Å². The van der Waals surface area contributed by atoms with Crippen LogP contribution in [-0.2, 0) is 0 Å². The fourth-order valence-corrected chi connectivity index (χ4v) is 3.29. The first kappa shape index (κ1) is 15.6. The molecule has 0 spiro atoms. The van der Waals surface area contributed by atoms with Crippen molar-refractivity contribution in [2.45, 2.75) is 40.0 Å². The maximum absolute atomic E-state index is 6.33. The molecule has 0 aliphatic heterocycles. The minimum atomic E-state index is 0.414. The number of anilines is 1. The number of aromatic nitrogens is 1. The summed E-state index contributed by atoms with van der Waals surface area (Å²) in [4.78, 5) is 4.72. The van der Waals surface area contributed by atoms with Gasteiger partial charge in [0.25, 0.3) is 0 Å². The summed E-state index contributed by atoms with van der Waals surface area (Å²) in [5.74, 6) is 0.414. The highest BCUT2D eigenvalue weighted by atomic mass is 79.9. The van der Waals surface area contributed by atoms with Crippen LogP contribution in [0.1, 0.15) is 44.4 Å². The third-order valence-electron chi connectivity index (χ3n) is 3.40. The second-order valence-electron chi connectivity index (χ2n) is 5.32. The van der Waals surface area contributed by atoms with E-state index in [4.69, 9.17) is 16.6 Å². The van der Waals surface area contributed by atoms with E-state index in [9.17, 15) is 0 Å². The van der Waals surface area contributed by atoms with Crippen molar-refractivity contribution in [1.29, 1.82) is 0 Å². The summed E-state index contributed by atoms with van der Waals surface area (Å²) in [6, 6.07) is 3.88. The summed E-state index contributed by atoms with van der Waals surface area (Å²) in [5.41, 5.74) is 4.35. The van der Waals surface area contributed by atoms with Crippen LogP contribution in [0.25, 0.3) is 10.9 Å². The summed E-state index contributed by atoms with van der Waals surface area (Å²) in [6.45, 7) is 9.57. The molecule has 2 nitrogen and oxygen atoms in total. The van der Waals surface area contributed by atoms with Gasteiger partial charge in [0, 0.05) is 22.1 Å². The molecule has 0 atom stereocenters. The number of aryl methyl sites for hydroxylation is 1. The molecular formula is C16H20BrClN2. The summed E-state index contributed by atoms with van der Waals surface area (Å²) >= 11 is 9.97. The number of hydrogen-bond donors (Lipinski definition) is 1. The van der Waals surface area contributed by atoms with E-state index >= 15 is 0 Å². The third-order valence-corrected chi connectivity index (χ3v) is 4.36. The number of rotatable bonds is 4. The average Bonchev–Trinajstić information content (AvgIpc) is 2.39. The number of nitrogens with one attached hydrogen (secondary N) is 1. The Morgan fingerprint density at radius 1 is 1.35 bits per heavy atom. The summed E-state index contributed by atoms with van der Waals surface area (Å²) < 4.78 is 1.03. The Kier molecular flexibility index (Phi) is 4.92. The molecule has 108 valence electrons. The summed E-state index contributed by atoms with van der Waals surface area (Å²) in [6.07, 6.45) is 1.08. The molecule has 1 aromatic carbocycles. The molecule has 1 aromatic heterocycles. The Hall–Kier alpha value is -0.800. The zero-order chi connectivity index (χ0) is 14.9. The van der Waals surface area contributed by atoms with Gasteiger partial charge in [-0.2, -0.15) is 0 Å². The lowest BCUT2D eigenvalue weighted by Crippen LogP contribution is -2.08. The normalized spacial score (nSPS) is 11.3. The van der Waals surface area contributed by atoms with Crippen molar-refractivity contribution in [2.75, 3.05) is 11.9 Å². The smallest absolute Gasteiger partial charge is 0.0923 e. The Bertz CT molecular complexity index is 638. The molecule has 0 saturated heterocycles. The van der Waals surface area contributed by atoms with Gasteiger partial charge in [0.1, 0.15) is 0 Å². The van der Waals surface area contributed by atoms with Crippen molar-refractivity contribution in [3.8, 4) is 0 Å². The van der Waals surface area contributed by atoms with Crippen LogP contribution in [-0.4, -0.2) is 11.5 Å². The molecule has 1 heterocycles. The molecule has 0 radical (unpaired) electrons. The van der Waals surface area contributed by atoms with E-state index in [1.807, 2.05) is 12.1 Å². The number of fused-ring (bicyclic) bond motifs is 1. The van der Waals surface area contributed by atoms with Gasteiger partial charge in [-0.1, -0.05) is 48.3 Å². The monoisotopic (exact) mass is 354 g/mol. The molecule has 2 aromatic rings. The molecule has 0 aliphatic rings. The van der Waals surface area contributed by atoms with Crippen molar-refractivity contribution < 1.29 is 0 Å². The zero-order valence-corrected chi connectivity index (χ0v) is 14.7. The molecule has 1 N–H and O–H groups in total.